The maximum atomic E-state index is 11.9. The second kappa shape index (κ2) is 9.28. The molecule has 1 saturated carbocycles. The Kier molecular flexibility index (Phi) is 8.07. The minimum atomic E-state index is -0.0738. The zero-order valence-corrected chi connectivity index (χ0v) is 14.3. The summed E-state index contributed by atoms with van der Waals surface area (Å²) in [5, 5.41) is 3.05. The number of nitrogens with two attached hydrogens (primary N) is 1. The van der Waals surface area contributed by atoms with Crippen molar-refractivity contribution < 1.29 is 9.53 Å². The van der Waals surface area contributed by atoms with Gasteiger partial charge in [-0.2, -0.15) is 0 Å². The van der Waals surface area contributed by atoms with Gasteiger partial charge in [0.1, 0.15) is 5.75 Å². The molecule has 3 N–H and O–H groups in total. The zero-order valence-electron chi connectivity index (χ0n) is 11.9. The van der Waals surface area contributed by atoms with E-state index in [0.717, 1.165) is 23.7 Å². The summed E-state index contributed by atoms with van der Waals surface area (Å²) < 4.78 is 6.42. The van der Waals surface area contributed by atoms with E-state index in [1.165, 1.54) is 6.42 Å². The number of hydrogen-bond acceptors (Lipinski definition) is 3. The molecule has 0 bridgehead atoms. The lowest BCUT2D eigenvalue weighted by Crippen LogP contribution is -2.46. The second-order valence-corrected chi connectivity index (χ2v) is 6.12. The molecule has 0 aromatic heterocycles. The Bertz CT molecular complexity index is 459. The fourth-order valence-electron chi connectivity index (χ4n) is 2.63. The van der Waals surface area contributed by atoms with Gasteiger partial charge in [-0.15, -0.1) is 12.4 Å². The van der Waals surface area contributed by atoms with E-state index in [1.54, 1.807) is 0 Å². The lowest BCUT2D eigenvalue weighted by molar-refractivity contribution is -0.124. The van der Waals surface area contributed by atoms with Crippen LogP contribution in [0.25, 0.3) is 0 Å². The summed E-state index contributed by atoms with van der Waals surface area (Å²) >= 11 is 3.37. The molecule has 0 heterocycles. The molecule has 118 valence electrons. The van der Waals surface area contributed by atoms with Gasteiger partial charge < -0.3 is 15.8 Å². The van der Waals surface area contributed by atoms with Crippen LogP contribution >= 0.6 is 28.3 Å². The third-order valence-corrected chi connectivity index (χ3v) is 4.22. The van der Waals surface area contributed by atoms with E-state index in [4.69, 9.17) is 10.5 Å². The summed E-state index contributed by atoms with van der Waals surface area (Å²) in [7, 11) is 0. The predicted molar refractivity (Wildman–Crippen MR) is 89.8 cm³/mol. The second-order valence-electron chi connectivity index (χ2n) is 5.20. The van der Waals surface area contributed by atoms with Gasteiger partial charge in [0.05, 0.1) is 0 Å². The molecule has 1 aromatic rings. The molecule has 6 heteroatoms. The molecule has 2 rings (SSSR count). The third-order valence-electron chi connectivity index (χ3n) is 3.72. The van der Waals surface area contributed by atoms with Gasteiger partial charge in [-0.1, -0.05) is 34.8 Å². The van der Waals surface area contributed by atoms with E-state index < -0.39 is 0 Å². The number of halogens is 2. The molecular weight excluding hydrogens is 356 g/mol. The van der Waals surface area contributed by atoms with E-state index in [2.05, 4.69) is 21.2 Å². The monoisotopic (exact) mass is 376 g/mol. The Morgan fingerprint density at radius 2 is 2.14 bits per heavy atom. The molecule has 21 heavy (non-hydrogen) atoms. The number of hydrogen-bond donors (Lipinski definition) is 2. The van der Waals surface area contributed by atoms with Crippen molar-refractivity contribution in [2.24, 2.45) is 11.7 Å². The van der Waals surface area contributed by atoms with Crippen LogP contribution in [0.15, 0.2) is 28.7 Å². The largest absolute Gasteiger partial charge is 0.484 e. The molecule has 1 aliphatic carbocycles. The number of amides is 1. The van der Waals surface area contributed by atoms with E-state index in [9.17, 15) is 4.79 Å². The number of ether oxygens (including phenoxy) is 1. The summed E-state index contributed by atoms with van der Waals surface area (Å²) in [6, 6.07) is 7.68. The highest BCUT2D eigenvalue weighted by Gasteiger charge is 2.25. The lowest BCUT2D eigenvalue weighted by atomic mass is 9.84. The van der Waals surface area contributed by atoms with E-state index >= 15 is 0 Å². The van der Waals surface area contributed by atoms with E-state index in [1.807, 2.05) is 24.3 Å². The van der Waals surface area contributed by atoms with Crippen LogP contribution in [0.2, 0.25) is 0 Å². The molecular formula is C15H22BrClN2O2. The Labute approximate surface area is 140 Å². The summed E-state index contributed by atoms with van der Waals surface area (Å²) in [5.74, 6) is 1.02. The van der Waals surface area contributed by atoms with Crippen molar-refractivity contribution in [2.75, 3.05) is 13.2 Å². The van der Waals surface area contributed by atoms with Crippen molar-refractivity contribution in [3.05, 3.63) is 28.7 Å². The predicted octanol–water partition coefficient (Wildman–Crippen LogP) is 2.88. The van der Waals surface area contributed by atoms with Gasteiger partial charge in [-0.05, 0) is 43.5 Å². The molecule has 0 aliphatic heterocycles. The fraction of sp³-hybridized carbons (Fsp3) is 0.533. The number of nitrogens with one attached hydrogen (secondary N) is 1. The van der Waals surface area contributed by atoms with Crippen LogP contribution in [-0.4, -0.2) is 25.1 Å². The zero-order chi connectivity index (χ0) is 14.4. The lowest BCUT2D eigenvalue weighted by Gasteiger charge is -2.31. The maximum Gasteiger partial charge on any atom is 0.258 e. The highest BCUT2D eigenvalue weighted by molar-refractivity contribution is 9.10. The Balaban J connectivity index is 0.00000220. The van der Waals surface area contributed by atoms with Crippen molar-refractivity contribution >= 4 is 34.2 Å². The topological polar surface area (TPSA) is 64.3 Å². The van der Waals surface area contributed by atoms with Gasteiger partial charge in [0.2, 0.25) is 0 Å². The molecule has 1 amide bonds. The average molecular weight is 378 g/mol. The number of rotatable bonds is 5. The Hall–Kier alpha value is -0.780. The van der Waals surface area contributed by atoms with Crippen LogP contribution in [0.1, 0.15) is 25.7 Å². The van der Waals surface area contributed by atoms with Gasteiger partial charge in [0, 0.05) is 10.5 Å². The van der Waals surface area contributed by atoms with Crippen molar-refractivity contribution in [1.82, 2.24) is 5.32 Å². The Morgan fingerprint density at radius 3 is 2.86 bits per heavy atom. The summed E-state index contributed by atoms with van der Waals surface area (Å²) in [4.78, 5) is 11.9. The SMILES string of the molecule is Cl.NCC1CCCCC1NC(=O)COc1cccc(Br)c1. The van der Waals surface area contributed by atoms with Crippen molar-refractivity contribution in [3.8, 4) is 5.75 Å². The number of benzene rings is 1. The minimum absolute atomic E-state index is 0. The number of carbonyl (C=O) groups is 1. The molecule has 1 aromatic carbocycles. The summed E-state index contributed by atoms with van der Waals surface area (Å²) in [5.41, 5.74) is 5.76. The van der Waals surface area contributed by atoms with Crippen LogP contribution in [0.3, 0.4) is 0 Å². The molecule has 1 aliphatic rings. The molecule has 0 radical (unpaired) electrons. The average Bonchev–Trinajstić information content (AvgIpc) is 2.46. The summed E-state index contributed by atoms with van der Waals surface area (Å²) in [6.45, 7) is 0.682. The smallest absolute Gasteiger partial charge is 0.258 e. The molecule has 2 unspecified atom stereocenters. The molecule has 1 fully saturated rings. The highest BCUT2D eigenvalue weighted by Crippen LogP contribution is 2.23. The first-order valence-corrected chi connectivity index (χ1v) is 7.86. The first-order chi connectivity index (χ1) is 9.69. The van der Waals surface area contributed by atoms with Crippen LogP contribution in [0, 0.1) is 5.92 Å². The van der Waals surface area contributed by atoms with E-state index in [-0.39, 0.29) is 31.0 Å². The van der Waals surface area contributed by atoms with Gasteiger partial charge in [0.25, 0.3) is 5.91 Å². The molecule has 0 saturated heterocycles. The van der Waals surface area contributed by atoms with Crippen LogP contribution in [0.5, 0.6) is 5.75 Å². The van der Waals surface area contributed by atoms with Crippen molar-refractivity contribution in [3.63, 3.8) is 0 Å². The van der Waals surface area contributed by atoms with Crippen LogP contribution in [-0.2, 0) is 4.79 Å². The molecule has 4 nitrogen and oxygen atoms in total. The Morgan fingerprint density at radius 1 is 1.38 bits per heavy atom. The van der Waals surface area contributed by atoms with Gasteiger partial charge in [-0.25, -0.2) is 0 Å². The number of carbonyl (C=O) groups excluding carboxylic acids is 1. The van der Waals surface area contributed by atoms with Gasteiger partial charge in [-0.3, -0.25) is 4.79 Å². The fourth-order valence-corrected chi connectivity index (χ4v) is 3.01. The van der Waals surface area contributed by atoms with Crippen LogP contribution < -0.4 is 15.8 Å². The quantitative estimate of drug-likeness (QED) is 0.829. The first kappa shape index (κ1) is 18.3. The molecule has 0 spiro atoms. The van der Waals surface area contributed by atoms with Gasteiger partial charge in [0.15, 0.2) is 6.61 Å². The van der Waals surface area contributed by atoms with E-state index in [0.29, 0.717) is 18.2 Å². The van der Waals surface area contributed by atoms with Gasteiger partial charge >= 0.3 is 0 Å². The third kappa shape index (κ3) is 5.85. The highest BCUT2D eigenvalue weighted by atomic mass is 79.9. The standard InChI is InChI=1S/C15H21BrN2O2.ClH/c16-12-5-3-6-13(8-12)20-10-15(19)18-14-7-2-1-4-11(14)9-17;/h3,5-6,8,11,14H,1-2,4,7,9-10,17H2,(H,18,19);1H. The van der Waals surface area contributed by atoms with Crippen molar-refractivity contribution in [2.45, 2.75) is 31.7 Å². The molecule has 2 atom stereocenters. The van der Waals surface area contributed by atoms with Crippen LogP contribution in [0.4, 0.5) is 0 Å². The maximum absolute atomic E-state index is 11.9. The first-order valence-electron chi connectivity index (χ1n) is 7.07. The van der Waals surface area contributed by atoms with Crippen molar-refractivity contribution in [1.29, 1.82) is 0 Å². The normalized spacial score (nSPS) is 21.2. The summed E-state index contributed by atoms with van der Waals surface area (Å²) in [6.07, 6.45) is 4.50. The minimum Gasteiger partial charge on any atom is -0.484 e.